The van der Waals surface area contributed by atoms with Gasteiger partial charge in [0.25, 0.3) is 0 Å². The Morgan fingerprint density at radius 3 is 2.56 bits per heavy atom. The highest BCUT2D eigenvalue weighted by atomic mass is 32.1. The topological polar surface area (TPSA) is 83.6 Å². The first kappa shape index (κ1) is 24.2. The van der Waals surface area contributed by atoms with E-state index in [0.29, 0.717) is 31.2 Å². The van der Waals surface area contributed by atoms with Crippen LogP contribution in [0.4, 0.5) is 13.9 Å². The van der Waals surface area contributed by atoms with Crippen molar-refractivity contribution in [3.63, 3.8) is 0 Å². The number of hydrogen-bond donors (Lipinski definition) is 2. The molecule has 0 radical (unpaired) electrons. The van der Waals surface area contributed by atoms with E-state index in [-0.39, 0.29) is 23.9 Å². The van der Waals surface area contributed by atoms with E-state index in [2.05, 4.69) is 27.4 Å². The number of ether oxygens (including phenoxy) is 1. The zero-order chi connectivity index (χ0) is 23.1. The molecule has 2 unspecified atom stereocenters. The Kier molecular flexibility index (Phi) is 8.66. The van der Waals surface area contributed by atoms with Gasteiger partial charge < -0.3 is 15.4 Å². The SMILES string of the molecule is CCCC(NC(=O)Cc1cc(F)cc(F)c1)C(=O)Nc1ncc(C(C)N2CCOCC2)s1. The summed E-state index contributed by atoms with van der Waals surface area (Å²) >= 11 is 1.40. The quantitative estimate of drug-likeness (QED) is 0.593. The first-order valence-corrected chi connectivity index (χ1v) is 11.5. The average Bonchev–Trinajstić information content (AvgIpc) is 3.21. The maximum Gasteiger partial charge on any atom is 0.248 e. The van der Waals surface area contributed by atoms with Crippen LogP contribution in [0.1, 0.15) is 43.2 Å². The molecule has 1 aromatic carbocycles. The van der Waals surface area contributed by atoms with Gasteiger partial charge in [0.1, 0.15) is 17.7 Å². The molecule has 32 heavy (non-hydrogen) atoms. The Hall–Kier alpha value is -2.43. The third kappa shape index (κ3) is 6.78. The van der Waals surface area contributed by atoms with E-state index in [1.54, 1.807) is 6.20 Å². The predicted octanol–water partition coefficient (Wildman–Crippen LogP) is 3.28. The predicted molar refractivity (Wildman–Crippen MR) is 118 cm³/mol. The molecule has 2 heterocycles. The number of nitrogens with one attached hydrogen (secondary N) is 2. The number of thiazole rings is 1. The van der Waals surface area contributed by atoms with Crippen molar-refractivity contribution in [3.05, 3.63) is 46.5 Å². The van der Waals surface area contributed by atoms with E-state index in [4.69, 9.17) is 4.74 Å². The summed E-state index contributed by atoms with van der Waals surface area (Å²) in [6.07, 6.45) is 2.63. The molecule has 1 fully saturated rings. The van der Waals surface area contributed by atoms with Gasteiger partial charge in [-0.05, 0) is 31.0 Å². The molecule has 2 amide bonds. The molecule has 174 valence electrons. The fraction of sp³-hybridized carbons (Fsp3) is 0.500. The summed E-state index contributed by atoms with van der Waals surface area (Å²) in [5.41, 5.74) is 0.206. The highest BCUT2D eigenvalue weighted by molar-refractivity contribution is 7.15. The minimum atomic E-state index is -0.769. The van der Waals surface area contributed by atoms with Gasteiger partial charge in [-0.3, -0.25) is 14.5 Å². The van der Waals surface area contributed by atoms with E-state index in [1.165, 1.54) is 11.3 Å². The van der Waals surface area contributed by atoms with Crippen molar-refractivity contribution in [3.8, 4) is 0 Å². The minimum Gasteiger partial charge on any atom is -0.379 e. The number of aromatic nitrogens is 1. The van der Waals surface area contributed by atoms with Crippen molar-refractivity contribution in [2.75, 3.05) is 31.6 Å². The average molecular weight is 467 g/mol. The van der Waals surface area contributed by atoms with Crippen LogP contribution in [0.25, 0.3) is 0 Å². The molecule has 3 rings (SSSR count). The van der Waals surface area contributed by atoms with Crippen LogP contribution in [0, 0.1) is 11.6 Å². The molecule has 2 aromatic rings. The van der Waals surface area contributed by atoms with Gasteiger partial charge in [-0.25, -0.2) is 13.8 Å². The van der Waals surface area contributed by atoms with Crippen LogP contribution in [0.3, 0.4) is 0 Å². The highest BCUT2D eigenvalue weighted by Crippen LogP contribution is 2.29. The lowest BCUT2D eigenvalue weighted by Crippen LogP contribution is -2.44. The number of carbonyl (C=O) groups excluding carboxylic acids is 2. The summed E-state index contributed by atoms with van der Waals surface area (Å²) in [5.74, 6) is -2.35. The summed E-state index contributed by atoms with van der Waals surface area (Å²) in [6.45, 7) is 7.10. The number of amides is 2. The van der Waals surface area contributed by atoms with E-state index in [9.17, 15) is 18.4 Å². The molecule has 7 nitrogen and oxygen atoms in total. The van der Waals surface area contributed by atoms with Gasteiger partial charge >= 0.3 is 0 Å². The second-order valence-electron chi connectivity index (χ2n) is 7.74. The second-order valence-corrected chi connectivity index (χ2v) is 8.81. The Bertz CT molecular complexity index is 913. The van der Waals surface area contributed by atoms with Gasteiger partial charge in [0.05, 0.1) is 19.6 Å². The largest absolute Gasteiger partial charge is 0.379 e. The highest BCUT2D eigenvalue weighted by Gasteiger charge is 2.24. The summed E-state index contributed by atoms with van der Waals surface area (Å²) in [7, 11) is 0. The number of hydrogen-bond acceptors (Lipinski definition) is 6. The Morgan fingerprint density at radius 2 is 1.91 bits per heavy atom. The Labute approximate surface area is 190 Å². The summed E-state index contributed by atoms with van der Waals surface area (Å²) in [6, 6.07) is 2.35. The zero-order valence-electron chi connectivity index (χ0n) is 18.2. The third-order valence-electron chi connectivity index (χ3n) is 5.27. The first-order chi connectivity index (χ1) is 15.4. The van der Waals surface area contributed by atoms with Gasteiger partial charge in [0.2, 0.25) is 11.8 Å². The number of benzene rings is 1. The number of rotatable bonds is 9. The lowest BCUT2D eigenvalue weighted by Gasteiger charge is -2.31. The number of halogens is 2. The van der Waals surface area contributed by atoms with E-state index in [1.807, 2.05) is 6.92 Å². The fourth-order valence-electron chi connectivity index (χ4n) is 3.58. The molecule has 0 spiro atoms. The van der Waals surface area contributed by atoms with Crippen molar-refractivity contribution in [1.29, 1.82) is 0 Å². The summed E-state index contributed by atoms with van der Waals surface area (Å²) in [4.78, 5) is 32.8. The van der Waals surface area contributed by atoms with Crippen LogP contribution in [0.2, 0.25) is 0 Å². The molecule has 10 heteroatoms. The van der Waals surface area contributed by atoms with Crippen LogP contribution in [-0.4, -0.2) is 54.0 Å². The van der Waals surface area contributed by atoms with Gasteiger partial charge in [-0.2, -0.15) is 0 Å². The molecule has 2 atom stereocenters. The molecular formula is C22H28F2N4O3S. The molecule has 0 saturated carbocycles. The molecule has 2 N–H and O–H groups in total. The first-order valence-electron chi connectivity index (χ1n) is 10.7. The molecule has 1 aliphatic heterocycles. The van der Waals surface area contributed by atoms with E-state index in [0.717, 1.165) is 36.2 Å². The van der Waals surface area contributed by atoms with Crippen molar-refractivity contribution >= 4 is 28.3 Å². The standard InChI is InChI=1S/C22H28F2N4O3S/c1-3-4-18(26-20(29)11-15-9-16(23)12-17(24)10-15)21(30)27-22-25-13-19(32-22)14(2)28-5-7-31-8-6-28/h9-10,12-14,18H,3-8,11H2,1-2H3,(H,26,29)(H,25,27,30). The molecule has 0 aliphatic carbocycles. The molecule has 1 aromatic heterocycles. The lowest BCUT2D eigenvalue weighted by molar-refractivity contribution is -0.126. The normalized spacial score (nSPS) is 16.4. The maximum atomic E-state index is 13.4. The minimum absolute atomic E-state index is 0.167. The summed E-state index contributed by atoms with van der Waals surface area (Å²) < 4.78 is 32.1. The van der Waals surface area contributed by atoms with Crippen molar-refractivity contribution in [1.82, 2.24) is 15.2 Å². The van der Waals surface area contributed by atoms with Crippen LogP contribution in [0.5, 0.6) is 0 Å². The third-order valence-corrected chi connectivity index (χ3v) is 6.36. The smallest absolute Gasteiger partial charge is 0.248 e. The molecule has 1 saturated heterocycles. The van der Waals surface area contributed by atoms with Crippen LogP contribution in [0.15, 0.2) is 24.4 Å². The fourth-order valence-corrected chi connectivity index (χ4v) is 4.48. The number of morpholine rings is 1. The lowest BCUT2D eigenvalue weighted by atomic mass is 10.1. The van der Waals surface area contributed by atoms with Crippen LogP contribution in [-0.2, 0) is 20.7 Å². The maximum absolute atomic E-state index is 13.4. The molecule has 0 bridgehead atoms. The number of anilines is 1. The second kappa shape index (κ2) is 11.4. The van der Waals surface area contributed by atoms with E-state index < -0.39 is 23.6 Å². The van der Waals surface area contributed by atoms with E-state index >= 15 is 0 Å². The van der Waals surface area contributed by atoms with Gasteiger partial charge in [0, 0.05) is 36.3 Å². The van der Waals surface area contributed by atoms with Crippen molar-refractivity contribution in [2.24, 2.45) is 0 Å². The zero-order valence-corrected chi connectivity index (χ0v) is 19.0. The van der Waals surface area contributed by atoms with Crippen molar-refractivity contribution in [2.45, 2.75) is 45.2 Å². The Morgan fingerprint density at radius 1 is 1.22 bits per heavy atom. The summed E-state index contributed by atoms with van der Waals surface area (Å²) in [5, 5.41) is 5.91. The number of nitrogens with zero attached hydrogens (tertiary/aromatic N) is 2. The van der Waals surface area contributed by atoms with Crippen LogP contribution < -0.4 is 10.6 Å². The van der Waals surface area contributed by atoms with Gasteiger partial charge in [-0.15, -0.1) is 11.3 Å². The number of carbonyl (C=O) groups is 2. The van der Waals surface area contributed by atoms with Crippen LogP contribution >= 0.6 is 11.3 Å². The van der Waals surface area contributed by atoms with Gasteiger partial charge in [-0.1, -0.05) is 13.3 Å². The molecular weight excluding hydrogens is 438 g/mol. The monoisotopic (exact) mass is 466 g/mol. The Balaban J connectivity index is 1.58. The van der Waals surface area contributed by atoms with Gasteiger partial charge in [0.15, 0.2) is 5.13 Å². The molecule has 1 aliphatic rings. The van der Waals surface area contributed by atoms with Crippen molar-refractivity contribution < 1.29 is 23.1 Å².